The van der Waals surface area contributed by atoms with Crippen molar-refractivity contribution in [3.63, 3.8) is 0 Å². The van der Waals surface area contributed by atoms with Gasteiger partial charge in [-0.15, -0.1) is 0 Å². The molecule has 172 valence electrons. The lowest BCUT2D eigenvalue weighted by atomic mass is 9.93. The van der Waals surface area contributed by atoms with Gasteiger partial charge in [-0.1, -0.05) is 25.4 Å². The fraction of sp³-hybridized carbons (Fsp3) is 0.500. The molecule has 2 aliphatic rings. The van der Waals surface area contributed by atoms with Crippen LogP contribution in [0.25, 0.3) is 0 Å². The minimum absolute atomic E-state index is 0.0643. The van der Waals surface area contributed by atoms with Crippen LogP contribution in [0.4, 0.5) is 14.9 Å². The molecule has 1 aromatic heterocycles. The first-order valence-corrected chi connectivity index (χ1v) is 11.1. The Morgan fingerprint density at radius 2 is 2.09 bits per heavy atom. The summed E-state index contributed by atoms with van der Waals surface area (Å²) in [6, 6.07) is 3.63. The van der Waals surface area contributed by atoms with Crippen LogP contribution in [-0.4, -0.2) is 62.9 Å². The number of hydrogen-bond donors (Lipinski definition) is 2. The highest BCUT2D eigenvalue weighted by Gasteiger charge is 2.37. The summed E-state index contributed by atoms with van der Waals surface area (Å²) in [5, 5.41) is 18.0. The third-order valence-electron chi connectivity index (χ3n) is 6.19. The van der Waals surface area contributed by atoms with Crippen molar-refractivity contribution in [2.24, 2.45) is 11.8 Å². The van der Waals surface area contributed by atoms with Crippen molar-refractivity contribution >= 4 is 29.2 Å². The molecule has 2 atom stereocenters. The van der Waals surface area contributed by atoms with E-state index in [0.29, 0.717) is 37.4 Å². The Kier molecular flexibility index (Phi) is 6.13. The van der Waals surface area contributed by atoms with E-state index in [1.807, 2.05) is 13.8 Å². The molecule has 10 heteroatoms. The number of amides is 3. The first-order valence-electron chi connectivity index (χ1n) is 10.7. The number of halogens is 2. The zero-order chi connectivity index (χ0) is 23.2. The number of rotatable bonds is 3. The van der Waals surface area contributed by atoms with Gasteiger partial charge in [0, 0.05) is 50.3 Å². The van der Waals surface area contributed by atoms with E-state index in [-0.39, 0.29) is 35.3 Å². The third-order valence-corrected chi connectivity index (χ3v) is 6.48. The number of nitrogens with one attached hydrogen (secondary N) is 1. The summed E-state index contributed by atoms with van der Waals surface area (Å²) in [6.45, 7) is 5.47. The number of anilines is 1. The van der Waals surface area contributed by atoms with Crippen molar-refractivity contribution in [2.45, 2.75) is 39.5 Å². The van der Waals surface area contributed by atoms with Crippen LogP contribution < -0.4 is 5.32 Å². The SMILES string of the molecule is CC(C)C(O)C1CN(C)C(=O)c2c3c(nn2C1)CCN(C(=O)Nc1ccc(F)c(Cl)c1)C3. The Hall–Kier alpha value is -2.65. The van der Waals surface area contributed by atoms with Crippen LogP contribution >= 0.6 is 11.6 Å². The van der Waals surface area contributed by atoms with Gasteiger partial charge >= 0.3 is 6.03 Å². The summed E-state index contributed by atoms with van der Waals surface area (Å²) in [4.78, 5) is 29.2. The molecule has 2 aliphatic heterocycles. The van der Waals surface area contributed by atoms with Crippen LogP contribution in [0, 0.1) is 17.7 Å². The average molecular weight is 464 g/mol. The molecule has 0 saturated heterocycles. The zero-order valence-corrected chi connectivity index (χ0v) is 19.1. The molecule has 8 nitrogen and oxygen atoms in total. The van der Waals surface area contributed by atoms with E-state index in [4.69, 9.17) is 11.6 Å². The van der Waals surface area contributed by atoms with Crippen molar-refractivity contribution < 1.29 is 19.1 Å². The highest BCUT2D eigenvalue weighted by Crippen LogP contribution is 2.29. The summed E-state index contributed by atoms with van der Waals surface area (Å²) in [7, 11) is 1.73. The molecule has 3 heterocycles. The molecule has 0 fully saturated rings. The molecular formula is C22H27ClFN5O3. The molecule has 0 saturated carbocycles. The van der Waals surface area contributed by atoms with E-state index in [1.165, 1.54) is 18.2 Å². The molecule has 0 radical (unpaired) electrons. The molecule has 2 N–H and O–H groups in total. The van der Waals surface area contributed by atoms with Crippen LogP contribution in [0.5, 0.6) is 0 Å². The maximum Gasteiger partial charge on any atom is 0.322 e. The number of carbonyl (C=O) groups excluding carboxylic acids is 2. The zero-order valence-electron chi connectivity index (χ0n) is 18.3. The quantitative estimate of drug-likeness (QED) is 0.732. The lowest BCUT2D eigenvalue weighted by molar-refractivity contribution is 0.0405. The molecule has 32 heavy (non-hydrogen) atoms. The van der Waals surface area contributed by atoms with Gasteiger partial charge < -0.3 is 20.2 Å². The Labute approximate surface area is 190 Å². The van der Waals surface area contributed by atoms with Crippen LogP contribution in [0.15, 0.2) is 18.2 Å². The average Bonchev–Trinajstić information content (AvgIpc) is 3.05. The first kappa shape index (κ1) is 22.5. The summed E-state index contributed by atoms with van der Waals surface area (Å²) < 4.78 is 15.1. The van der Waals surface area contributed by atoms with E-state index >= 15 is 0 Å². The number of aliphatic hydroxyl groups is 1. The summed E-state index contributed by atoms with van der Waals surface area (Å²) in [6.07, 6.45) is -0.0383. The molecule has 2 aromatic rings. The molecule has 4 rings (SSSR count). The van der Waals surface area contributed by atoms with Crippen molar-refractivity contribution in [1.29, 1.82) is 0 Å². The van der Waals surface area contributed by atoms with Crippen LogP contribution in [0.3, 0.4) is 0 Å². The van der Waals surface area contributed by atoms with E-state index in [9.17, 15) is 19.1 Å². The van der Waals surface area contributed by atoms with Crippen molar-refractivity contribution in [1.82, 2.24) is 19.6 Å². The number of nitrogens with zero attached hydrogens (tertiary/aromatic N) is 4. The minimum Gasteiger partial charge on any atom is -0.392 e. The minimum atomic E-state index is -0.557. The van der Waals surface area contributed by atoms with Gasteiger partial charge in [0.25, 0.3) is 5.91 Å². The summed E-state index contributed by atoms with van der Waals surface area (Å²) in [5.74, 6) is -0.785. The topological polar surface area (TPSA) is 90.7 Å². The number of hydrogen-bond acceptors (Lipinski definition) is 4. The molecule has 0 aliphatic carbocycles. The van der Waals surface area contributed by atoms with E-state index < -0.39 is 11.9 Å². The van der Waals surface area contributed by atoms with Crippen LogP contribution in [0.1, 0.15) is 35.6 Å². The standard InChI is InChI=1S/C22H27ClFN5O3/c1-12(2)20(30)13-9-27(3)21(31)19-15-11-28(7-6-18(15)26-29(19)10-13)22(32)25-14-4-5-17(24)16(23)8-14/h4-5,8,12-13,20,30H,6-7,9-11H2,1-3H3,(H,25,32). The first-order chi connectivity index (χ1) is 15.2. The molecule has 2 unspecified atom stereocenters. The largest absolute Gasteiger partial charge is 0.392 e. The van der Waals surface area contributed by atoms with E-state index in [0.717, 1.165) is 11.3 Å². The Morgan fingerprint density at radius 3 is 2.78 bits per heavy atom. The molecule has 3 amide bonds. The summed E-state index contributed by atoms with van der Waals surface area (Å²) in [5.41, 5.74) is 2.40. The fourth-order valence-electron chi connectivity index (χ4n) is 4.40. The monoisotopic (exact) mass is 463 g/mol. The number of urea groups is 1. The van der Waals surface area contributed by atoms with Gasteiger partial charge in [0.15, 0.2) is 0 Å². The van der Waals surface area contributed by atoms with Gasteiger partial charge in [-0.2, -0.15) is 5.10 Å². The predicted octanol–water partition coefficient (Wildman–Crippen LogP) is 2.98. The Morgan fingerprint density at radius 1 is 1.34 bits per heavy atom. The number of carbonyl (C=O) groups is 2. The molecule has 1 aromatic carbocycles. The second kappa shape index (κ2) is 8.71. The normalized spacial score (nSPS) is 19.5. The lowest BCUT2D eigenvalue weighted by Gasteiger charge is -2.28. The number of benzene rings is 1. The number of aliphatic hydroxyl groups excluding tert-OH is 1. The number of fused-ring (bicyclic) bond motifs is 3. The van der Waals surface area contributed by atoms with Gasteiger partial charge in [0.05, 0.1) is 23.4 Å². The van der Waals surface area contributed by atoms with Crippen LogP contribution in [0.2, 0.25) is 5.02 Å². The molecule has 0 bridgehead atoms. The highest BCUT2D eigenvalue weighted by molar-refractivity contribution is 6.31. The Bertz CT molecular complexity index is 1060. The lowest BCUT2D eigenvalue weighted by Crippen LogP contribution is -2.40. The Balaban J connectivity index is 1.57. The third kappa shape index (κ3) is 4.19. The second-order valence-electron chi connectivity index (χ2n) is 8.87. The predicted molar refractivity (Wildman–Crippen MR) is 118 cm³/mol. The smallest absolute Gasteiger partial charge is 0.322 e. The maximum atomic E-state index is 13.4. The van der Waals surface area contributed by atoms with Gasteiger partial charge in [0.2, 0.25) is 0 Å². The van der Waals surface area contributed by atoms with Crippen molar-refractivity contribution in [2.75, 3.05) is 25.5 Å². The number of aromatic nitrogens is 2. The summed E-state index contributed by atoms with van der Waals surface area (Å²) >= 11 is 5.80. The molecular weight excluding hydrogens is 437 g/mol. The van der Waals surface area contributed by atoms with E-state index in [2.05, 4.69) is 10.4 Å². The van der Waals surface area contributed by atoms with Crippen molar-refractivity contribution in [3.05, 3.63) is 46.0 Å². The van der Waals surface area contributed by atoms with Gasteiger partial charge in [-0.05, 0) is 24.1 Å². The van der Waals surface area contributed by atoms with Gasteiger partial charge in [-0.3, -0.25) is 9.48 Å². The van der Waals surface area contributed by atoms with Crippen LogP contribution in [-0.2, 0) is 19.5 Å². The van der Waals surface area contributed by atoms with Gasteiger partial charge in [-0.25, -0.2) is 9.18 Å². The fourth-order valence-corrected chi connectivity index (χ4v) is 4.58. The molecule has 0 spiro atoms. The second-order valence-corrected chi connectivity index (χ2v) is 9.27. The van der Waals surface area contributed by atoms with E-state index in [1.54, 1.807) is 21.5 Å². The highest BCUT2D eigenvalue weighted by atomic mass is 35.5. The van der Waals surface area contributed by atoms with Gasteiger partial charge in [0.1, 0.15) is 11.5 Å². The maximum absolute atomic E-state index is 13.4. The van der Waals surface area contributed by atoms with Crippen molar-refractivity contribution in [3.8, 4) is 0 Å².